The molecule has 1 aromatic rings. The first-order valence-corrected chi connectivity index (χ1v) is 6.52. The van der Waals surface area contributed by atoms with E-state index in [4.69, 9.17) is 4.74 Å². The molecule has 0 saturated carbocycles. The van der Waals surface area contributed by atoms with Crippen molar-refractivity contribution in [2.75, 3.05) is 20.2 Å². The highest BCUT2D eigenvalue weighted by Crippen LogP contribution is 2.18. The summed E-state index contributed by atoms with van der Waals surface area (Å²) in [5.74, 6) is 0.792. The van der Waals surface area contributed by atoms with Crippen LogP contribution in [0, 0.1) is 0 Å². The predicted molar refractivity (Wildman–Crippen MR) is 70.0 cm³/mol. The van der Waals surface area contributed by atoms with Crippen LogP contribution in [0.1, 0.15) is 36.5 Å². The lowest BCUT2D eigenvalue weighted by molar-refractivity contribution is 0.0987. The molecule has 0 aliphatic carbocycles. The maximum absolute atomic E-state index is 11.6. The number of pyridine rings is 1. The molecule has 1 saturated heterocycles. The van der Waals surface area contributed by atoms with Crippen LogP contribution in [0.25, 0.3) is 0 Å². The maximum Gasteiger partial charge on any atom is 0.164 e. The fraction of sp³-hybridized carbons (Fsp3) is 0.571. The number of hydrogen-bond donors (Lipinski definition) is 0. The van der Waals surface area contributed by atoms with Crippen LogP contribution >= 0.6 is 0 Å². The van der Waals surface area contributed by atoms with Gasteiger partial charge in [-0.25, -0.2) is 0 Å². The normalized spacial score (nSPS) is 20.0. The maximum atomic E-state index is 11.6. The first-order valence-electron chi connectivity index (χ1n) is 6.52. The molecule has 18 heavy (non-hydrogen) atoms. The summed E-state index contributed by atoms with van der Waals surface area (Å²) in [6.07, 6.45) is 6.17. The van der Waals surface area contributed by atoms with Gasteiger partial charge in [-0.05, 0) is 32.5 Å². The molecule has 0 N–H and O–H groups in total. The zero-order valence-electron chi connectivity index (χ0n) is 11.1. The lowest BCUT2D eigenvalue weighted by atomic mass is 10.1. The van der Waals surface area contributed by atoms with Crippen molar-refractivity contribution in [1.29, 1.82) is 0 Å². The minimum atomic E-state index is 0.103. The summed E-state index contributed by atoms with van der Waals surface area (Å²) >= 11 is 0. The van der Waals surface area contributed by atoms with E-state index in [1.54, 1.807) is 18.5 Å². The minimum absolute atomic E-state index is 0.103. The van der Waals surface area contributed by atoms with Gasteiger partial charge in [0.15, 0.2) is 5.78 Å². The quantitative estimate of drug-likeness (QED) is 0.749. The molecule has 1 aliphatic rings. The Morgan fingerprint density at radius 2 is 2.39 bits per heavy atom. The van der Waals surface area contributed by atoms with Crippen LogP contribution < -0.4 is 4.74 Å². The summed E-state index contributed by atoms with van der Waals surface area (Å²) in [5, 5.41) is 0. The van der Waals surface area contributed by atoms with Gasteiger partial charge < -0.3 is 9.64 Å². The van der Waals surface area contributed by atoms with Gasteiger partial charge in [-0.1, -0.05) is 6.92 Å². The summed E-state index contributed by atoms with van der Waals surface area (Å²) in [6, 6.07) is 2.27. The Hall–Kier alpha value is -1.42. The predicted octanol–water partition coefficient (Wildman–Crippen LogP) is 2.15. The van der Waals surface area contributed by atoms with Gasteiger partial charge in [-0.15, -0.1) is 0 Å². The third-order valence-corrected chi connectivity index (χ3v) is 3.47. The number of aromatic nitrogens is 1. The van der Waals surface area contributed by atoms with Crippen molar-refractivity contribution >= 4 is 5.78 Å². The second kappa shape index (κ2) is 5.96. The van der Waals surface area contributed by atoms with E-state index in [0.717, 1.165) is 6.54 Å². The number of ether oxygens (including phenoxy) is 1. The Morgan fingerprint density at radius 1 is 1.56 bits per heavy atom. The van der Waals surface area contributed by atoms with E-state index < -0.39 is 0 Å². The van der Waals surface area contributed by atoms with Gasteiger partial charge >= 0.3 is 0 Å². The van der Waals surface area contributed by atoms with Gasteiger partial charge in [-0.3, -0.25) is 9.78 Å². The van der Waals surface area contributed by atoms with Gasteiger partial charge in [0.2, 0.25) is 0 Å². The molecule has 0 aromatic carbocycles. The standard InChI is InChI=1S/C14H20N2O2/c1-3-14(17)11-7-13(9-15-8-11)18-10-12-5-4-6-16(12)2/h7-9,12H,3-6,10H2,1-2H3. The number of likely N-dealkylation sites (N-methyl/N-ethyl adjacent to an activating group) is 1. The number of carbonyl (C=O) groups is 1. The van der Waals surface area contributed by atoms with Crippen molar-refractivity contribution in [3.05, 3.63) is 24.0 Å². The number of Topliss-reactive ketones (excluding diaryl/α,β-unsaturated/α-hetero) is 1. The zero-order chi connectivity index (χ0) is 13.0. The van der Waals surface area contributed by atoms with Crippen LogP contribution in [0.4, 0.5) is 0 Å². The second-order valence-electron chi connectivity index (χ2n) is 4.77. The van der Waals surface area contributed by atoms with Gasteiger partial charge in [0.1, 0.15) is 12.4 Å². The number of rotatable bonds is 5. The van der Waals surface area contributed by atoms with Gasteiger partial charge in [0.25, 0.3) is 0 Å². The Morgan fingerprint density at radius 3 is 3.06 bits per heavy atom. The molecule has 1 atom stereocenters. The molecule has 0 radical (unpaired) electrons. The topological polar surface area (TPSA) is 42.4 Å². The average molecular weight is 248 g/mol. The summed E-state index contributed by atoms with van der Waals surface area (Å²) < 4.78 is 5.74. The van der Waals surface area contributed by atoms with E-state index in [1.807, 2.05) is 6.92 Å². The first-order chi connectivity index (χ1) is 8.70. The fourth-order valence-corrected chi connectivity index (χ4v) is 2.24. The molecule has 0 spiro atoms. The SMILES string of the molecule is CCC(=O)c1cncc(OCC2CCCN2C)c1. The van der Waals surface area contributed by atoms with E-state index in [1.165, 1.54) is 12.8 Å². The third-order valence-electron chi connectivity index (χ3n) is 3.47. The van der Waals surface area contributed by atoms with Gasteiger partial charge in [0, 0.05) is 24.2 Å². The van der Waals surface area contributed by atoms with Gasteiger partial charge in [0.05, 0.1) is 6.20 Å². The third kappa shape index (κ3) is 3.07. The monoisotopic (exact) mass is 248 g/mol. The van der Waals surface area contributed by atoms with Crippen molar-refractivity contribution in [1.82, 2.24) is 9.88 Å². The highest BCUT2D eigenvalue weighted by atomic mass is 16.5. The van der Waals surface area contributed by atoms with Crippen molar-refractivity contribution in [3.63, 3.8) is 0 Å². The molecule has 0 amide bonds. The van der Waals surface area contributed by atoms with Gasteiger partial charge in [-0.2, -0.15) is 0 Å². The van der Waals surface area contributed by atoms with Crippen LogP contribution in [0.15, 0.2) is 18.5 Å². The molecule has 1 aromatic heterocycles. The Bertz CT molecular complexity index is 420. The molecule has 0 bridgehead atoms. The molecule has 2 heterocycles. The zero-order valence-corrected chi connectivity index (χ0v) is 11.1. The van der Waals surface area contributed by atoms with Crippen molar-refractivity contribution in [3.8, 4) is 5.75 Å². The number of nitrogens with zero attached hydrogens (tertiary/aromatic N) is 2. The molecule has 1 fully saturated rings. The second-order valence-corrected chi connectivity index (χ2v) is 4.77. The molecule has 1 aliphatic heterocycles. The Balaban J connectivity index is 1.95. The van der Waals surface area contributed by atoms with E-state index in [9.17, 15) is 4.79 Å². The Kier molecular flexibility index (Phi) is 4.31. The summed E-state index contributed by atoms with van der Waals surface area (Å²) in [5.41, 5.74) is 0.634. The molecular weight excluding hydrogens is 228 g/mol. The van der Waals surface area contributed by atoms with E-state index in [-0.39, 0.29) is 5.78 Å². The van der Waals surface area contributed by atoms with Crippen LogP contribution in [0.5, 0.6) is 5.75 Å². The summed E-state index contributed by atoms with van der Waals surface area (Å²) in [4.78, 5) is 17.9. The fourth-order valence-electron chi connectivity index (χ4n) is 2.24. The highest BCUT2D eigenvalue weighted by molar-refractivity contribution is 5.95. The molecule has 98 valence electrons. The average Bonchev–Trinajstić information content (AvgIpc) is 2.81. The van der Waals surface area contributed by atoms with Crippen LogP contribution in [0.3, 0.4) is 0 Å². The van der Waals surface area contributed by atoms with Crippen LogP contribution in [0.2, 0.25) is 0 Å². The molecule has 4 nitrogen and oxygen atoms in total. The van der Waals surface area contributed by atoms with Crippen LogP contribution in [-0.2, 0) is 0 Å². The lowest BCUT2D eigenvalue weighted by Gasteiger charge is -2.19. The largest absolute Gasteiger partial charge is 0.490 e. The summed E-state index contributed by atoms with van der Waals surface area (Å²) in [6.45, 7) is 3.66. The van der Waals surface area contributed by atoms with Crippen molar-refractivity contribution in [2.45, 2.75) is 32.2 Å². The molecular formula is C14H20N2O2. The first kappa shape index (κ1) is 13.0. The number of likely N-dealkylation sites (tertiary alicyclic amines) is 1. The molecule has 1 unspecified atom stereocenters. The number of ketones is 1. The highest BCUT2D eigenvalue weighted by Gasteiger charge is 2.21. The number of carbonyl (C=O) groups excluding carboxylic acids is 1. The van der Waals surface area contributed by atoms with Crippen molar-refractivity contribution in [2.24, 2.45) is 0 Å². The van der Waals surface area contributed by atoms with Crippen molar-refractivity contribution < 1.29 is 9.53 Å². The van der Waals surface area contributed by atoms with E-state index in [2.05, 4.69) is 16.9 Å². The minimum Gasteiger partial charge on any atom is -0.490 e. The van der Waals surface area contributed by atoms with E-state index in [0.29, 0.717) is 30.4 Å². The lowest BCUT2D eigenvalue weighted by Crippen LogP contribution is -2.30. The molecule has 2 rings (SSSR count). The molecule has 4 heteroatoms. The Labute approximate surface area is 108 Å². The number of hydrogen-bond acceptors (Lipinski definition) is 4. The smallest absolute Gasteiger partial charge is 0.164 e. The van der Waals surface area contributed by atoms with E-state index >= 15 is 0 Å². The summed E-state index contributed by atoms with van der Waals surface area (Å²) in [7, 11) is 2.12. The van der Waals surface area contributed by atoms with Crippen LogP contribution in [-0.4, -0.2) is 41.9 Å².